The summed E-state index contributed by atoms with van der Waals surface area (Å²) in [5, 5.41) is 20.2. The minimum Gasteiger partial charge on any atom is -0.850 e. The molecule has 3 heteroatoms. The number of hydrogen-bond donors (Lipinski definition) is 0. The van der Waals surface area contributed by atoms with Crippen molar-refractivity contribution in [1.29, 1.82) is 0 Å². The fraction of sp³-hybridized carbons (Fsp3) is 0.692. The fourth-order valence-corrected chi connectivity index (χ4v) is 0.340. The first kappa shape index (κ1) is 21.3. The van der Waals surface area contributed by atoms with E-state index in [-0.39, 0.29) is 18.6 Å². The number of rotatable bonds is 0. The Kier molecular flexibility index (Phi) is 13.5. The van der Waals surface area contributed by atoms with Gasteiger partial charge < -0.3 is 10.2 Å². The van der Waals surface area contributed by atoms with Crippen molar-refractivity contribution in [3.8, 4) is 0 Å². The average Bonchev–Trinajstić information content (AvgIpc) is 2.28. The molecule has 1 radical (unpaired) electrons. The quantitative estimate of drug-likeness (QED) is 0.622. The molecule has 0 saturated carbocycles. The first-order valence-electron chi connectivity index (χ1n) is 5.13. The molecule has 1 rings (SSSR count). The van der Waals surface area contributed by atoms with Crippen molar-refractivity contribution in [2.24, 2.45) is 0 Å². The van der Waals surface area contributed by atoms with Gasteiger partial charge in [0.05, 0.1) is 0 Å². The third-order valence-electron chi connectivity index (χ3n) is 0.586. The molecule has 0 amide bonds. The molecule has 16 heavy (non-hydrogen) atoms. The Bertz CT molecular complexity index is 161. The van der Waals surface area contributed by atoms with E-state index < -0.39 is 11.2 Å². The first-order chi connectivity index (χ1) is 6.50. The first-order valence-corrected chi connectivity index (χ1v) is 5.13. The molecule has 0 aliphatic heterocycles. The SMILES string of the molecule is CC(C)(C)[O-].CC(C)(C)[O-].[C-]1=CC=CC1.[V+2]. The number of allylic oxidation sites excluding steroid dienone is 4. The van der Waals surface area contributed by atoms with Crippen molar-refractivity contribution in [3.05, 3.63) is 24.3 Å². The van der Waals surface area contributed by atoms with Crippen LogP contribution in [0.5, 0.6) is 0 Å². The minimum absolute atomic E-state index is 0. The van der Waals surface area contributed by atoms with Crippen molar-refractivity contribution in [2.45, 2.75) is 59.2 Å². The van der Waals surface area contributed by atoms with Crippen LogP contribution in [-0.2, 0) is 18.6 Å². The van der Waals surface area contributed by atoms with Gasteiger partial charge in [0, 0.05) is 0 Å². The molecular formula is C13H23O2V-. The van der Waals surface area contributed by atoms with Crippen molar-refractivity contribution >= 4 is 0 Å². The molecule has 0 fully saturated rings. The Hall–Kier alpha value is -0.0156. The predicted molar refractivity (Wildman–Crippen MR) is 61.1 cm³/mol. The van der Waals surface area contributed by atoms with Gasteiger partial charge in [-0.25, -0.2) is 12.2 Å². The molecule has 0 N–H and O–H groups in total. The third kappa shape index (κ3) is 94.9. The third-order valence-corrected chi connectivity index (χ3v) is 0.586. The van der Waals surface area contributed by atoms with Crippen LogP contribution in [0.3, 0.4) is 0 Å². The summed E-state index contributed by atoms with van der Waals surface area (Å²) >= 11 is 0. The van der Waals surface area contributed by atoms with Crippen LogP contribution in [0.25, 0.3) is 0 Å². The summed E-state index contributed by atoms with van der Waals surface area (Å²) in [4.78, 5) is 0. The van der Waals surface area contributed by atoms with Crippen LogP contribution in [0.4, 0.5) is 0 Å². The van der Waals surface area contributed by atoms with Gasteiger partial charge in [-0.05, 0) is 0 Å². The van der Waals surface area contributed by atoms with E-state index in [1.165, 1.54) is 0 Å². The molecule has 0 unspecified atom stereocenters. The summed E-state index contributed by atoms with van der Waals surface area (Å²) in [6.45, 7) is 9.79. The zero-order valence-electron chi connectivity index (χ0n) is 11.2. The maximum Gasteiger partial charge on any atom is 2.00 e. The molecule has 1 aliphatic rings. The molecular weight excluding hydrogens is 239 g/mol. The van der Waals surface area contributed by atoms with E-state index in [0.717, 1.165) is 6.42 Å². The summed E-state index contributed by atoms with van der Waals surface area (Å²) in [6.07, 6.45) is 10.0. The molecule has 0 heterocycles. The molecule has 0 aromatic heterocycles. The van der Waals surface area contributed by atoms with E-state index in [0.29, 0.717) is 0 Å². The van der Waals surface area contributed by atoms with Crippen molar-refractivity contribution in [2.75, 3.05) is 0 Å². The Morgan fingerprint density at radius 3 is 1.31 bits per heavy atom. The van der Waals surface area contributed by atoms with Gasteiger partial charge in [-0.3, -0.25) is 6.08 Å². The zero-order valence-corrected chi connectivity index (χ0v) is 12.6. The van der Waals surface area contributed by atoms with Gasteiger partial charge in [0.2, 0.25) is 0 Å². The Morgan fingerprint density at radius 1 is 0.938 bits per heavy atom. The molecule has 93 valence electrons. The minimum atomic E-state index is -0.750. The molecule has 0 atom stereocenters. The van der Waals surface area contributed by atoms with Gasteiger partial charge in [-0.2, -0.15) is 6.08 Å². The van der Waals surface area contributed by atoms with Gasteiger partial charge in [-0.1, -0.05) is 41.5 Å². The van der Waals surface area contributed by atoms with E-state index in [2.05, 4.69) is 12.2 Å². The predicted octanol–water partition coefficient (Wildman–Crippen LogP) is 1.59. The smallest absolute Gasteiger partial charge is 0.850 e. The van der Waals surface area contributed by atoms with Gasteiger partial charge in [0.25, 0.3) is 0 Å². The fourth-order valence-electron chi connectivity index (χ4n) is 0.340. The maximum absolute atomic E-state index is 10.1. The summed E-state index contributed by atoms with van der Waals surface area (Å²) in [5.74, 6) is 0. The van der Waals surface area contributed by atoms with Crippen molar-refractivity contribution in [1.82, 2.24) is 0 Å². The van der Waals surface area contributed by atoms with Crippen LogP contribution in [-0.4, -0.2) is 11.2 Å². The van der Waals surface area contributed by atoms with Crippen molar-refractivity contribution < 1.29 is 28.8 Å². The second kappa shape index (κ2) is 10.2. The van der Waals surface area contributed by atoms with Gasteiger partial charge in [0.15, 0.2) is 0 Å². The van der Waals surface area contributed by atoms with Gasteiger partial charge in [-0.15, -0.1) is 17.6 Å². The molecule has 0 aromatic rings. The molecule has 0 bridgehead atoms. The van der Waals surface area contributed by atoms with E-state index in [9.17, 15) is 10.2 Å². The van der Waals surface area contributed by atoms with Gasteiger partial charge in [0.1, 0.15) is 0 Å². The molecule has 0 saturated heterocycles. The Morgan fingerprint density at radius 2 is 1.25 bits per heavy atom. The van der Waals surface area contributed by atoms with E-state index in [1.54, 1.807) is 41.5 Å². The summed E-state index contributed by atoms with van der Waals surface area (Å²) in [7, 11) is 0. The molecule has 0 aromatic carbocycles. The van der Waals surface area contributed by atoms with Crippen LogP contribution < -0.4 is 10.2 Å². The summed E-state index contributed by atoms with van der Waals surface area (Å²) in [5.41, 5.74) is -1.50. The van der Waals surface area contributed by atoms with Crippen molar-refractivity contribution in [3.63, 3.8) is 0 Å². The van der Waals surface area contributed by atoms with E-state index in [4.69, 9.17) is 0 Å². The zero-order chi connectivity index (χ0) is 12.5. The summed E-state index contributed by atoms with van der Waals surface area (Å²) in [6, 6.07) is 0. The van der Waals surface area contributed by atoms with Crippen LogP contribution in [0, 0.1) is 6.08 Å². The van der Waals surface area contributed by atoms with Crippen LogP contribution >= 0.6 is 0 Å². The molecule has 0 spiro atoms. The van der Waals surface area contributed by atoms with Crippen LogP contribution in [0.15, 0.2) is 18.2 Å². The Labute approximate surface area is 112 Å². The van der Waals surface area contributed by atoms with E-state index >= 15 is 0 Å². The monoisotopic (exact) mass is 262 g/mol. The van der Waals surface area contributed by atoms with Gasteiger partial charge >= 0.3 is 18.6 Å². The molecule has 2 nitrogen and oxygen atoms in total. The average molecular weight is 262 g/mol. The number of hydrogen-bond acceptors (Lipinski definition) is 2. The second-order valence-corrected chi connectivity index (χ2v) is 5.23. The van der Waals surface area contributed by atoms with Crippen LogP contribution in [0.2, 0.25) is 0 Å². The largest absolute Gasteiger partial charge is 2.00 e. The normalized spacial score (nSPS) is 13.0. The second-order valence-electron chi connectivity index (χ2n) is 5.23. The maximum atomic E-state index is 10.1. The van der Waals surface area contributed by atoms with E-state index in [1.807, 2.05) is 12.2 Å². The standard InChI is InChI=1S/C5H5.2C4H9O.V/c1-2-4-5-3-1;2*1-4(2,3)5;/h1-3H,4H2;2*1-3H3;/q3*-1;+2. The van der Waals surface area contributed by atoms with Crippen LogP contribution in [0.1, 0.15) is 48.0 Å². The molecule has 1 aliphatic carbocycles. The Balaban J connectivity index is -0.000000154. The summed E-state index contributed by atoms with van der Waals surface area (Å²) < 4.78 is 0. The topological polar surface area (TPSA) is 46.1 Å².